The van der Waals surface area contributed by atoms with Crippen LogP contribution in [0.15, 0.2) is 0 Å². The first-order valence-corrected chi connectivity index (χ1v) is 23.2. The molecule has 0 rings (SSSR count). The van der Waals surface area contributed by atoms with Gasteiger partial charge in [0.05, 0.1) is 20.7 Å². The Balaban J connectivity index is -0.000000138. The molecule has 9 heteroatoms. The Kier molecular flexibility index (Phi) is 20.6. The number of hydrogen-bond donors (Lipinski definition) is 1. The van der Waals surface area contributed by atoms with E-state index in [9.17, 15) is 0 Å². The van der Waals surface area contributed by atoms with Gasteiger partial charge in [-0.05, 0) is 0 Å². The zero-order chi connectivity index (χ0) is 21.1. The fourth-order valence-electron chi connectivity index (χ4n) is 2.32. The van der Waals surface area contributed by atoms with Crippen LogP contribution in [-0.4, -0.2) is 90.4 Å². The molecule has 0 amide bonds. The third-order valence-electron chi connectivity index (χ3n) is 2.15. The Labute approximate surface area is 187 Å². The summed E-state index contributed by atoms with van der Waals surface area (Å²) in [6, 6.07) is 0. The van der Waals surface area contributed by atoms with Crippen LogP contribution in [0.4, 0.5) is 0 Å². The zero-order valence-corrected chi connectivity index (χ0v) is 26.3. The van der Waals surface area contributed by atoms with Crippen molar-refractivity contribution in [2.75, 3.05) is 34.4 Å². The summed E-state index contributed by atoms with van der Waals surface area (Å²) >= 11 is 0. The number of nitrogens with zero attached hydrogens (tertiary/aromatic N) is 2. The van der Waals surface area contributed by atoms with E-state index in [2.05, 4.69) is 92.7 Å². The molecule has 0 aliphatic heterocycles. The summed E-state index contributed by atoms with van der Waals surface area (Å²) < 4.78 is 14.5. The first-order chi connectivity index (χ1) is 10.7. The SMILES string of the molecule is COCC[NH+](C)C.C[Si](C)(C)[N-][Si](C)(C)C.C[Si](C)(C)[N-][Si](C)(C)C.[Mg+2]. The number of hydrogen-bond acceptors (Lipinski definition) is 1. The third kappa shape index (κ3) is 50.0. The van der Waals surface area contributed by atoms with E-state index in [-0.39, 0.29) is 23.1 Å². The Morgan fingerprint density at radius 3 is 0.885 bits per heavy atom. The van der Waals surface area contributed by atoms with Crippen molar-refractivity contribution in [3.05, 3.63) is 9.30 Å². The Bertz CT molecular complexity index is 270. The average molecular weight is 449 g/mol. The Morgan fingerprint density at radius 1 is 0.615 bits per heavy atom. The summed E-state index contributed by atoms with van der Waals surface area (Å²) in [5.41, 5.74) is 0. The molecule has 0 aliphatic carbocycles. The molecule has 0 aromatic carbocycles. The normalized spacial score (nSPS) is 12.5. The van der Waals surface area contributed by atoms with Crippen LogP contribution in [0.1, 0.15) is 0 Å². The van der Waals surface area contributed by atoms with Gasteiger partial charge in [-0.1, -0.05) is 112 Å². The summed E-state index contributed by atoms with van der Waals surface area (Å²) in [5, 5.41) is 0. The molecular weight excluding hydrogens is 399 g/mol. The summed E-state index contributed by atoms with van der Waals surface area (Å²) in [7, 11) is 1.52. The number of likely N-dealkylation sites (N-methyl/N-ethyl adjacent to an activating group) is 1. The number of rotatable bonds is 7. The summed E-state index contributed by atoms with van der Waals surface area (Å²) in [6.45, 7) is 29.5. The molecule has 0 saturated heterocycles. The van der Waals surface area contributed by atoms with Gasteiger partial charge >= 0.3 is 23.1 Å². The molecule has 0 saturated carbocycles. The quantitative estimate of drug-likeness (QED) is 0.574. The van der Waals surface area contributed by atoms with Crippen LogP contribution in [0, 0.1) is 0 Å². The third-order valence-corrected chi connectivity index (χ3v) is 12.9. The summed E-state index contributed by atoms with van der Waals surface area (Å²) in [5.74, 6) is 0. The molecule has 0 fully saturated rings. The first kappa shape index (κ1) is 34.9. The summed E-state index contributed by atoms with van der Waals surface area (Å²) in [6.07, 6.45) is 0. The molecule has 4 nitrogen and oxygen atoms in total. The van der Waals surface area contributed by atoms with E-state index in [1.165, 1.54) is 4.90 Å². The van der Waals surface area contributed by atoms with Gasteiger partial charge in [0, 0.05) is 7.11 Å². The van der Waals surface area contributed by atoms with Gasteiger partial charge in [-0.25, -0.2) is 0 Å². The van der Waals surface area contributed by atoms with Crippen molar-refractivity contribution in [2.45, 2.75) is 78.6 Å². The Morgan fingerprint density at radius 2 is 0.846 bits per heavy atom. The van der Waals surface area contributed by atoms with Crippen molar-refractivity contribution in [3.63, 3.8) is 0 Å². The van der Waals surface area contributed by atoms with E-state index in [4.69, 9.17) is 14.0 Å². The Hall–Kier alpha value is 1.47. The van der Waals surface area contributed by atoms with E-state index in [0.717, 1.165) is 13.2 Å². The van der Waals surface area contributed by atoms with Crippen LogP contribution in [0.5, 0.6) is 0 Å². The molecule has 0 aromatic rings. The van der Waals surface area contributed by atoms with Crippen molar-refractivity contribution in [2.24, 2.45) is 0 Å². The van der Waals surface area contributed by atoms with Crippen molar-refractivity contribution in [1.82, 2.24) is 0 Å². The molecule has 0 bridgehead atoms. The maximum absolute atomic E-state index is 4.83. The number of methoxy groups -OCH3 is 1. The zero-order valence-electron chi connectivity index (χ0n) is 20.9. The van der Waals surface area contributed by atoms with Crippen LogP contribution in [-0.2, 0) is 4.74 Å². The smallest absolute Gasteiger partial charge is 0.668 e. The minimum absolute atomic E-state index is 0. The number of quaternary nitrogens is 1. The van der Waals surface area contributed by atoms with Crippen molar-refractivity contribution >= 4 is 56.0 Å². The maximum Gasteiger partial charge on any atom is 2.00 e. The van der Waals surface area contributed by atoms with Gasteiger partial charge in [0.1, 0.15) is 6.54 Å². The van der Waals surface area contributed by atoms with Crippen molar-refractivity contribution in [1.29, 1.82) is 0 Å². The molecule has 0 heterocycles. The van der Waals surface area contributed by atoms with Crippen LogP contribution < -0.4 is 4.90 Å². The van der Waals surface area contributed by atoms with E-state index in [0.29, 0.717) is 0 Å². The second-order valence-electron chi connectivity index (χ2n) is 10.9. The van der Waals surface area contributed by atoms with Gasteiger partial charge in [-0.15, -0.1) is 0 Å². The largest absolute Gasteiger partial charge is 2.00 e. The van der Waals surface area contributed by atoms with Gasteiger partial charge in [-0.2, -0.15) is 0 Å². The van der Waals surface area contributed by atoms with Gasteiger partial charge in [0.25, 0.3) is 0 Å². The predicted octanol–water partition coefficient (Wildman–Crippen LogP) is 4.46. The predicted molar refractivity (Wildman–Crippen MR) is 135 cm³/mol. The van der Waals surface area contributed by atoms with Crippen molar-refractivity contribution in [3.8, 4) is 0 Å². The van der Waals surface area contributed by atoms with Crippen LogP contribution in [0.2, 0.25) is 78.6 Å². The molecular formula is C17H50MgN3OSi4+. The van der Waals surface area contributed by atoms with Crippen LogP contribution >= 0.6 is 0 Å². The molecule has 0 atom stereocenters. The van der Waals surface area contributed by atoms with E-state index < -0.39 is 32.9 Å². The topological polar surface area (TPSA) is 41.9 Å². The molecule has 26 heavy (non-hydrogen) atoms. The number of ether oxygens (including phenoxy) is 1. The minimum Gasteiger partial charge on any atom is -0.668 e. The van der Waals surface area contributed by atoms with E-state index in [1.807, 2.05) is 0 Å². The van der Waals surface area contributed by atoms with Gasteiger partial charge in [0.15, 0.2) is 0 Å². The second-order valence-corrected chi connectivity index (χ2v) is 30.0. The van der Waals surface area contributed by atoms with E-state index in [1.54, 1.807) is 7.11 Å². The molecule has 1 N–H and O–H groups in total. The van der Waals surface area contributed by atoms with Crippen LogP contribution in [0.3, 0.4) is 0 Å². The number of nitrogens with one attached hydrogen (secondary N) is 1. The molecule has 156 valence electrons. The van der Waals surface area contributed by atoms with Gasteiger partial charge in [-0.3, -0.25) is 0 Å². The monoisotopic (exact) mass is 448 g/mol. The maximum atomic E-state index is 4.83. The summed E-state index contributed by atoms with van der Waals surface area (Å²) in [4.78, 5) is 1.43. The van der Waals surface area contributed by atoms with Gasteiger partial charge < -0.3 is 18.9 Å². The molecule has 0 spiro atoms. The second kappa shape index (κ2) is 15.3. The van der Waals surface area contributed by atoms with E-state index >= 15 is 0 Å². The molecule has 0 radical (unpaired) electrons. The van der Waals surface area contributed by atoms with Gasteiger partial charge in [0.2, 0.25) is 0 Å². The molecule has 0 unspecified atom stereocenters. The van der Waals surface area contributed by atoms with Crippen LogP contribution in [0.25, 0.3) is 9.30 Å². The molecule has 0 aliphatic rings. The fourth-order valence-corrected chi connectivity index (χ4v) is 18.4. The first-order valence-electron chi connectivity index (χ1n) is 9.44. The molecule has 0 aromatic heterocycles. The average Bonchev–Trinajstić information content (AvgIpc) is 2.16. The minimum atomic E-state index is -1.11. The standard InChI is InChI=1S/2C6H18NSi2.C5H13NO.Mg/c2*1-8(2,3)7-9(4,5)6;1-6(2)4-5-7-3;/h2*1-6H3;4-5H2,1-3H3;/q2*-1;;+2/p+1. The fraction of sp³-hybridized carbons (Fsp3) is 1.00. The van der Waals surface area contributed by atoms with Crippen molar-refractivity contribution < 1.29 is 9.64 Å².